The van der Waals surface area contributed by atoms with Gasteiger partial charge in [0.2, 0.25) is 0 Å². The zero-order valence-electron chi connectivity index (χ0n) is 12.7. The van der Waals surface area contributed by atoms with E-state index in [0.29, 0.717) is 0 Å². The van der Waals surface area contributed by atoms with E-state index in [2.05, 4.69) is 19.1 Å². The first-order valence-corrected chi connectivity index (χ1v) is 7.63. The van der Waals surface area contributed by atoms with Crippen LogP contribution in [-0.4, -0.2) is 12.4 Å². The maximum absolute atomic E-state index is 11.1. The molecule has 2 nitrogen and oxygen atoms in total. The van der Waals surface area contributed by atoms with Crippen molar-refractivity contribution in [1.82, 2.24) is 0 Å². The second kappa shape index (κ2) is 10.2. The fourth-order valence-corrected chi connectivity index (χ4v) is 1.98. The van der Waals surface area contributed by atoms with E-state index < -0.39 is 0 Å². The summed E-state index contributed by atoms with van der Waals surface area (Å²) in [7, 11) is 0. The molecule has 20 heavy (non-hydrogen) atoms. The Kier molecular flexibility index (Phi) is 8.44. The summed E-state index contributed by atoms with van der Waals surface area (Å²) in [6, 6.07) is 7.37. The van der Waals surface area contributed by atoms with Gasteiger partial charge in [-0.3, -0.25) is 4.79 Å². The van der Waals surface area contributed by atoms with Gasteiger partial charge in [0.25, 0.3) is 0 Å². The van der Waals surface area contributed by atoms with Crippen LogP contribution in [0.25, 0.3) is 0 Å². The second-order valence-electron chi connectivity index (χ2n) is 5.01. The highest BCUT2D eigenvalue weighted by atomic mass is 16.5. The number of carbonyl (C=O) groups is 1. The number of unbranched alkanes of at least 4 members (excludes halogenated alkanes) is 4. The van der Waals surface area contributed by atoms with E-state index in [0.717, 1.165) is 30.8 Å². The molecule has 0 bridgehead atoms. The van der Waals surface area contributed by atoms with Gasteiger partial charge in [-0.15, -0.1) is 0 Å². The number of Topliss-reactive ketones (excluding diaryl/α,β-unsaturated/α-hetero) is 1. The highest BCUT2D eigenvalue weighted by molar-refractivity contribution is 5.94. The molecule has 0 saturated heterocycles. The fourth-order valence-electron chi connectivity index (χ4n) is 1.98. The molecule has 0 atom stereocenters. The lowest BCUT2D eigenvalue weighted by molar-refractivity contribution is 0.101. The number of ether oxygens (including phenoxy) is 1. The summed E-state index contributed by atoms with van der Waals surface area (Å²) >= 11 is 0. The lowest BCUT2D eigenvalue weighted by atomic mass is 10.1. The molecule has 0 aliphatic heterocycles. The van der Waals surface area contributed by atoms with E-state index in [1.54, 1.807) is 6.92 Å². The number of ketones is 1. The molecule has 2 heteroatoms. The van der Waals surface area contributed by atoms with Crippen molar-refractivity contribution in [2.45, 2.75) is 52.4 Å². The standard InChI is InChI=1S/C18H26O2/c1-3-4-5-6-7-8-9-10-15-20-18-13-11-17(12-14-18)16(2)19/h4-5,11-14H,3,6-10,15H2,1-2H3. The van der Waals surface area contributed by atoms with Crippen LogP contribution in [0.3, 0.4) is 0 Å². The molecular formula is C18H26O2. The molecule has 0 aliphatic rings. The molecule has 0 radical (unpaired) electrons. The SMILES string of the molecule is CCC=CCCCCCCOc1ccc(C(C)=O)cc1. The van der Waals surface area contributed by atoms with Crippen LogP contribution in [0.5, 0.6) is 5.75 Å². The predicted molar refractivity (Wildman–Crippen MR) is 84.5 cm³/mol. The van der Waals surface area contributed by atoms with Gasteiger partial charge in [-0.05, 0) is 56.9 Å². The lowest BCUT2D eigenvalue weighted by Crippen LogP contribution is -1.98. The van der Waals surface area contributed by atoms with Gasteiger partial charge in [0.15, 0.2) is 5.78 Å². The van der Waals surface area contributed by atoms with Crippen molar-refractivity contribution in [2.24, 2.45) is 0 Å². The predicted octanol–water partition coefficient (Wildman–Crippen LogP) is 5.18. The Morgan fingerprint density at radius 1 is 1.05 bits per heavy atom. The largest absolute Gasteiger partial charge is 0.494 e. The third kappa shape index (κ3) is 7.13. The van der Waals surface area contributed by atoms with E-state index in [1.807, 2.05) is 24.3 Å². The third-order valence-electron chi connectivity index (χ3n) is 3.20. The molecule has 1 rings (SSSR count). The summed E-state index contributed by atoms with van der Waals surface area (Å²) in [4.78, 5) is 11.1. The Bertz CT molecular complexity index is 404. The van der Waals surface area contributed by atoms with E-state index in [9.17, 15) is 4.79 Å². The first-order valence-electron chi connectivity index (χ1n) is 7.63. The molecular weight excluding hydrogens is 248 g/mol. The van der Waals surface area contributed by atoms with Gasteiger partial charge in [-0.25, -0.2) is 0 Å². The Morgan fingerprint density at radius 3 is 2.40 bits per heavy atom. The average Bonchev–Trinajstić information content (AvgIpc) is 2.46. The Hall–Kier alpha value is -1.57. The van der Waals surface area contributed by atoms with Crippen molar-refractivity contribution in [1.29, 1.82) is 0 Å². The van der Waals surface area contributed by atoms with Crippen LogP contribution in [0.4, 0.5) is 0 Å². The van der Waals surface area contributed by atoms with E-state index in [1.165, 1.54) is 25.7 Å². The van der Waals surface area contributed by atoms with Gasteiger partial charge in [0.1, 0.15) is 5.75 Å². The molecule has 1 aromatic carbocycles. The number of hydrogen-bond donors (Lipinski definition) is 0. The van der Waals surface area contributed by atoms with Crippen LogP contribution in [-0.2, 0) is 0 Å². The topological polar surface area (TPSA) is 26.3 Å². The minimum atomic E-state index is 0.0914. The van der Waals surface area contributed by atoms with Gasteiger partial charge >= 0.3 is 0 Å². The Labute approximate surface area is 122 Å². The van der Waals surface area contributed by atoms with Crippen LogP contribution in [0, 0.1) is 0 Å². The first-order chi connectivity index (χ1) is 9.74. The van der Waals surface area contributed by atoms with Gasteiger partial charge in [-0.2, -0.15) is 0 Å². The molecule has 1 aromatic rings. The van der Waals surface area contributed by atoms with Crippen molar-refractivity contribution in [2.75, 3.05) is 6.61 Å². The quantitative estimate of drug-likeness (QED) is 0.333. The van der Waals surface area contributed by atoms with Crippen LogP contribution in [0.15, 0.2) is 36.4 Å². The maximum Gasteiger partial charge on any atom is 0.159 e. The monoisotopic (exact) mass is 274 g/mol. The van der Waals surface area contributed by atoms with E-state index >= 15 is 0 Å². The van der Waals surface area contributed by atoms with Crippen molar-refractivity contribution < 1.29 is 9.53 Å². The van der Waals surface area contributed by atoms with Crippen LogP contribution in [0.2, 0.25) is 0 Å². The summed E-state index contributed by atoms with van der Waals surface area (Å²) < 4.78 is 5.66. The smallest absolute Gasteiger partial charge is 0.159 e. The minimum Gasteiger partial charge on any atom is -0.494 e. The molecule has 0 heterocycles. The van der Waals surface area contributed by atoms with Crippen molar-refractivity contribution in [3.63, 3.8) is 0 Å². The summed E-state index contributed by atoms with van der Waals surface area (Å²) in [6.45, 7) is 4.49. The molecule has 0 fully saturated rings. The Morgan fingerprint density at radius 2 is 1.75 bits per heavy atom. The van der Waals surface area contributed by atoms with Crippen LogP contribution in [0.1, 0.15) is 62.7 Å². The molecule has 0 amide bonds. The fraction of sp³-hybridized carbons (Fsp3) is 0.500. The molecule has 0 N–H and O–H groups in total. The number of benzene rings is 1. The van der Waals surface area contributed by atoms with Gasteiger partial charge in [0.05, 0.1) is 6.61 Å². The first kappa shape index (κ1) is 16.5. The average molecular weight is 274 g/mol. The van der Waals surface area contributed by atoms with Crippen molar-refractivity contribution in [3.8, 4) is 5.75 Å². The third-order valence-corrected chi connectivity index (χ3v) is 3.20. The van der Waals surface area contributed by atoms with Crippen LogP contribution < -0.4 is 4.74 Å². The molecule has 0 saturated carbocycles. The van der Waals surface area contributed by atoms with Gasteiger partial charge in [0, 0.05) is 5.56 Å². The number of allylic oxidation sites excluding steroid dienone is 2. The van der Waals surface area contributed by atoms with Crippen molar-refractivity contribution in [3.05, 3.63) is 42.0 Å². The van der Waals surface area contributed by atoms with E-state index in [4.69, 9.17) is 4.74 Å². The molecule has 110 valence electrons. The van der Waals surface area contributed by atoms with Crippen LogP contribution >= 0.6 is 0 Å². The van der Waals surface area contributed by atoms with Crippen molar-refractivity contribution >= 4 is 5.78 Å². The summed E-state index contributed by atoms with van der Waals surface area (Å²) in [5, 5.41) is 0. The van der Waals surface area contributed by atoms with E-state index in [-0.39, 0.29) is 5.78 Å². The maximum atomic E-state index is 11.1. The van der Waals surface area contributed by atoms with Gasteiger partial charge in [-0.1, -0.05) is 31.9 Å². The highest BCUT2D eigenvalue weighted by Crippen LogP contribution is 2.13. The molecule has 0 unspecified atom stereocenters. The minimum absolute atomic E-state index is 0.0914. The number of hydrogen-bond acceptors (Lipinski definition) is 2. The molecule has 0 aliphatic carbocycles. The molecule has 0 aromatic heterocycles. The molecule has 0 spiro atoms. The normalized spacial score (nSPS) is 10.9. The zero-order chi connectivity index (χ0) is 14.6. The van der Waals surface area contributed by atoms with Gasteiger partial charge < -0.3 is 4.74 Å². The lowest BCUT2D eigenvalue weighted by Gasteiger charge is -2.06. The highest BCUT2D eigenvalue weighted by Gasteiger charge is 1.99. The zero-order valence-corrected chi connectivity index (χ0v) is 12.7. The Balaban J connectivity index is 2.06. The number of carbonyl (C=O) groups excluding carboxylic acids is 1. The summed E-state index contributed by atoms with van der Waals surface area (Å²) in [6.07, 6.45) is 11.7. The number of rotatable bonds is 10. The summed E-state index contributed by atoms with van der Waals surface area (Å²) in [5.74, 6) is 0.939. The summed E-state index contributed by atoms with van der Waals surface area (Å²) in [5.41, 5.74) is 0.734. The second-order valence-corrected chi connectivity index (χ2v) is 5.01.